The fraction of sp³-hybridized carbons (Fsp3) is 0.300. The number of amides is 1. The summed E-state index contributed by atoms with van der Waals surface area (Å²) in [6, 6.07) is 16.8. The van der Waals surface area contributed by atoms with E-state index in [1.807, 2.05) is 30.3 Å². The highest BCUT2D eigenvalue weighted by Gasteiger charge is 2.33. The van der Waals surface area contributed by atoms with Crippen LogP contribution in [0, 0.1) is 0 Å². The fourth-order valence-corrected chi connectivity index (χ4v) is 3.13. The lowest BCUT2D eigenvalue weighted by atomic mass is 9.95. The van der Waals surface area contributed by atoms with E-state index in [9.17, 15) is 9.59 Å². The van der Waals surface area contributed by atoms with Gasteiger partial charge in [-0.25, -0.2) is 0 Å². The molecule has 0 unspecified atom stereocenters. The summed E-state index contributed by atoms with van der Waals surface area (Å²) in [6.45, 7) is 2.56. The normalized spacial score (nSPS) is 19.7. The number of Topliss-reactive ketones (excluding diaryl/α,β-unsaturated/α-hetero) is 1. The molecule has 1 aliphatic heterocycles. The summed E-state index contributed by atoms with van der Waals surface area (Å²) in [6.07, 6.45) is 0. The molecule has 0 bridgehead atoms. The first-order chi connectivity index (χ1) is 12.0. The van der Waals surface area contributed by atoms with E-state index in [-0.39, 0.29) is 30.3 Å². The molecule has 0 radical (unpaired) electrons. The Morgan fingerprint density at radius 3 is 2.60 bits per heavy atom. The highest BCUT2D eigenvalue weighted by atomic mass is 16.5. The van der Waals surface area contributed by atoms with Gasteiger partial charge in [-0.15, -0.1) is 0 Å². The number of carbonyl (C=O) groups is 2. The second-order valence-electron chi connectivity index (χ2n) is 6.35. The van der Waals surface area contributed by atoms with Gasteiger partial charge in [-0.2, -0.15) is 0 Å². The van der Waals surface area contributed by atoms with Gasteiger partial charge in [0, 0.05) is 30.6 Å². The molecule has 1 aliphatic rings. The lowest BCUT2D eigenvalue weighted by molar-refractivity contribution is -0.132. The molecule has 130 valence electrons. The van der Waals surface area contributed by atoms with Gasteiger partial charge in [0.2, 0.25) is 0 Å². The first-order valence-corrected chi connectivity index (χ1v) is 8.36. The molecule has 2 aromatic rings. The molecule has 2 aromatic carbocycles. The number of hydrogen-bond donors (Lipinski definition) is 1. The minimum Gasteiger partial charge on any atom is -0.484 e. The van der Waals surface area contributed by atoms with Gasteiger partial charge in [0.25, 0.3) is 5.91 Å². The molecular weight excluding hydrogens is 316 g/mol. The van der Waals surface area contributed by atoms with Crippen molar-refractivity contribution in [3.05, 3.63) is 65.7 Å². The Bertz CT molecular complexity index is 761. The van der Waals surface area contributed by atoms with E-state index in [1.165, 1.54) is 6.92 Å². The Balaban J connectivity index is 1.59. The van der Waals surface area contributed by atoms with Crippen LogP contribution in [0.2, 0.25) is 0 Å². The Kier molecular flexibility index (Phi) is 5.14. The van der Waals surface area contributed by atoms with E-state index in [4.69, 9.17) is 10.5 Å². The maximum Gasteiger partial charge on any atom is 0.260 e. The van der Waals surface area contributed by atoms with E-state index in [0.29, 0.717) is 24.4 Å². The molecule has 2 N–H and O–H groups in total. The molecule has 5 nitrogen and oxygen atoms in total. The first kappa shape index (κ1) is 17.2. The van der Waals surface area contributed by atoms with Crippen LogP contribution in [0.25, 0.3) is 0 Å². The van der Waals surface area contributed by atoms with Crippen molar-refractivity contribution in [2.75, 3.05) is 19.7 Å². The van der Waals surface area contributed by atoms with Gasteiger partial charge in [0.15, 0.2) is 12.4 Å². The van der Waals surface area contributed by atoms with Gasteiger partial charge in [-0.05, 0) is 24.6 Å². The highest BCUT2D eigenvalue weighted by molar-refractivity contribution is 5.94. The van der Waals surface area contributed by atoms with Crippen LogP contribution in [-0.4, -0.2) is 42.3 Å². The van der Waals surface area contributed by atoms with Crippen LogP contribution < -0.4 is 10.5 Å². The number of nitrogens with zero attached hydrogens (tertiary/aromatic N) is 1. The fourth-order valence-electron chi connectivity index (χ4n) is 3.13. The van der Waals surface area contributed by atoms with Crippen molar-refractivity contribution in [2.45, 2.75) is 18.9 Å². The van der Waals surface area contributed by atoms with E-state index in [2.05, 4.69) is 0 Å². The van der Waals surface area contributed by atoms with Crippen LogP contribution in [0.3, 0.4) is 0 Å². The average Bonchev–Trinajstić information content (AvgIpc) is 3.02. The van der Waals surface area contributed by atoms with Crippen LogP contribution in [-0.2, 0) is 4.79 Å². The van der Waals surface area contributed by atoms with Crippen molar-refractivity contribution in [3.8, 4) is 5.75 Å². The van der Waals surface area contributed by atoms with E-state index >= 15 is 0 Å². The molecule has 5 heteroatoms. The number of ether oxygens (including phenoxy) is 1. The van der Waals surface area contributed by atoms with E-state index < -0.39 is 0 Å². The third-order valence-electron chi connectivity index (χ3n) is 4.55. The second-order valence-corrected chi connectivity index (χ2v) is 6.35. The summed E-state index contributed by atoms with van der Waals surface area (Å²) in [5.41, 5.74) is 7.95. The standard InChI is InChI=1S/C20H22N2O3/c1-14(23)16-8-5-9-17(10-16)25-13-20(24)22-11-18(19(21)12-22)15-6-3-2-4-7-15/h2-10,18-19H,11-13,21H2,1H3/t18-,19+/m0/s1. The summed E-state index contributed by atoms with van der Waals surface area (Å²) in [4.78, 5) is 25.6. The predicted octanol–water partition coefficient (Wildman–Crippen LogP) is 2.22. The predicted molar refractivity (Wildman–Crippen MR) is 95.7 cm³/mol. The van der Waals surface area contributed by atoms with Crippen molar-refractivity contribution < 1.29 is 14.3 Å². The smallest absolute Gasteiger partial charge is 0.260 e. The van der Waals surface area contributed by atoms with Gasteiger partial charge < -0.3 is 15.4 Å². The van der Waals surface area contributed by atoms with Crippen molar-refractivity contribution in [3.63, 3.8) is 0 Å². The second kappa shape index (κ2) is 7.49. The van der Waals surface area contributed by atoms with Crippen LogP contribution in [0.1, 0.15) is 28.8 Å². The molecule has 2 atom stereocenters. The summed E-state index contributed by atoms with van der Waals surface area (Å²) < 4.78 is 5.56. The van der Waals surface area contributed by atoms with E-state index in [0.717, 1.165) is 5.56 Å². The van der Waals surface area contributed by atoms with Crippen molar-refractivity contribution in [2.24, 2.45) is 5.73 Å². The number of benzene rings is 2. The van der Waals surface area contributed by atoms with Gasteiger partial charge in [-0.1, -0.05) is 42.5 Å². The monoisotopic (exact) mass is 338 g/mol. The highest BCUT2D eigenvalue weighted by Crippen LogP contribution is 2.26. The Labute approximate surface area is 147 Å². The molecule has 25 heavy (non-hydrogen) atoms. The zero-order chi connectivity index (χ0) is 17.8. The Hall–Kier alpha value is -2.66. The Morgan fingerprint density at radius 1 is 1.12 bits per heavy atom. The number of carbonyl (C=O) groups excluding carboxylic acids is 2. The molecule has 1 saturated heterocycles. The van der Waals surface area contributed by atoms with Crippen LogP contribution in [0.15, 0.2) is 54.6 Å². The SMILES string of the molecule is CC(=O)c1cccc(OCC(=O)N2C[C@@H](N)[C@H](c3ccccc3)C2)c1. The molecule has 0 aliphatic carbocycles. The average molecular weight is 338 g/mol. The summed E-state index contributed by atoms with van der Waals surface area (Å²) in [5, 5.41) is 0. The van der Waals surface area contributed by atoms with Gasteiger partial charge in [-0.3, -0.25) is 9.59 Å². The first-order valence-electron chi connectivity index (χ1n) is 8.36. The van der Waals surface area contributed by atoms with Gasteiger partial charge >= 0.3 is 0 Å². The molecule has 0 spiro atoms. The van der Waals surface area contributed by atoms with Crippen LogP contribution in [0.4, 0.5) is 0 Å². The zero-order valence-electron chi connectivity index (χ0n) is 14.2. The zero-order valence-corrected chi connectivity index (χ0v) is 14.2. The van der Waals surface area contributed by atoms with Crippen LogP contribution >= 0.6 is 0 Å². The van der Waals surface area contributed by atoms with Gasteiger partial charge in [0.05, 0.1) is 0 Å². The lowest BCUT2D eigenvalue weighted by Gasteiger charge is -2.17. The van der Waals surface area contributed by atoms with Gasteiger partial charge in [0.1, 0.15) is 5.75 Å². The molecule has 1 fully saturated rings. The molecule has 1 amide bonds. The maximum atomic E-state index is 12.4. The third kappa shape index (κ3) is 4.06. The van der Waals surface area contributed by atoms with E-state index in [1.54, 1.807) is 29.2 Å². The number of hydrogen-bond acceptors (Lipinski definition) is 4. The Morgan fingerprint density at radius 2 is 1.88 bits per heavy atom. The minimum atomic E-state index is -0.0953. The number of rotatable bonds is 5. The minimum absolute atomic E-state index is 0.0343. The summed E-state index contributed by atoms with van der Waals surface area (Å²) >= 11 is 0. The van der Waals surface area contributed by atoms with Crippen molar-refractivity contribution in [1.29, 1.82) is 0 Å². The molecule has 1 heterocycles. The largest absolute Gasteiger partial charge is 0.484 e. The molecule has 3 rings (SSSR count). The summed E-state index contributed by atoms with van der Waals surface area (Å²) in [5.74, 6) is 0.533. The molecule has 0 aromatic heterocycles. The quantitative estimate of drug-likeness (QED) is 0.849. The molecule has 0 saturated carbocycles. The lowest BCUT2D eigenvalue weighted by Crippen LogP contribution is -2.35. The van der Waals surface area contributed by atoms with Crippen molar-refractivity contribution >= 4 is 11.7 Å². The van der Waals surface area contributed by atoms with Crippen LogP contribution in [0.5, 0.6) is 5.75 Å². The summed E-state index contributed by atoms with van der Waals surface area (Å²) in [7, 11) is 0. The number of ketones is 1. The number of likely N-dealkylation sites (tertiary alicyclic amines) is 1. The van der Waals surface area contributed by atoms with Crippen molar-refractivity contribution in [1.82, 2.24) is 4.90 Å². The third-order valence-corrected chi connectivity index (χ3v) is 4.55. The maximum absolute atomic E-state index is 12.4. The number of nitrogens with two attached hydrogens (primary N) is 1. The molecular formula is C20H22N2O3. The topological polar surface area (TPSA) is 72.6 Å².